The summed E-state index contributed by atoms with van der Waals surface area (Å²) in [6.45, 7) is 1.84. The molecular formula is C16H14N4O. The number of benzene rings is 2. The molecule has 0 radical (unpaired) electrons. The van der Waals surface area contributed by atoms with E-state index in [0.29, 0.717) is 5.69 Å². The van der Waals surface area contributed by atoms with Crippen molar-refractivity contribution in [2.75, 3.05) is 0 Å². The molecular weight excluding hydrogens is 264 g/mol. The first-order chi connectivity index (χ1) is 10.2. The number of rotatable bonds is 3. The lowest BCUT2D eigenvalue weighted by molar-refractivity contribution is 0.0950. The van der Waals surface area contributed by atoms with Gasteiger partial charge in [-0.3, -0.25) is 9.89 Å². The van der Waals surface area contributed by atoms with Crippen molar-refractivity contribution < 1.29 is 4.79 Å². The van der Waals surface area contributed by atoms with Crippen molar-refractivity contribution >= 4 is 22.9 Å². The molecule has 1 amide bonds. The number of nitrogens with zero attached hydrogens (tertiary/aromatic N) is 2. The normalized spacial score (nSPS) is 11.1. The van der Waals surface area contributed by atoms with Crippen LogP contribution in [0.2, 0.25) is 0 Å². The van der Waals surface area contributed by atoms with Crippen molar-refractivity contribution in [1.29, 1.82) is 0 Å². The molecule has 0 aliphatic carbocycles. The van der Waals surface area contributed by atoms with E-state index in [-0.39, 0.29) is 5.91 Å². The number of H-pyrrole nitrogens is 1. The Bertz CT molecular complexity index is 815. The van der Waals surface area contributed by atoms with Gasteiger partial charge in [0.15, 0.2) is 5.69 Å². The largest absolute Gasteiger partial charge is 0.291 e. The maximum Gasteiger partial charge on any atom is 0.291 e. The Morgan fingerprint density at radius 3 is 2.86 bits per heavy atom. The standard InChI is InChI=1S/C16H14N4O/c1-11-9-15(19-18-11)16(21)20-17-10-13-7-4-6-12-5-2-3-8-14(12)13/h2-10H,1H3,(H,18,19)(H,20,21)/b17-10+. The number of hydrazone groups is 1. The highest BCUT2D eigenvalue weighted by molar-refractivity contribution is 6.00. The maximum absolute atomic E-state index is 11.8. The first kappa shape index (κ1) is 13.1. The summed E-state index contributed by atoms with van der Waals surface area (Å²) in [5, 5.41) is 12.8. The van der Waals surface area contributed by atoms with Crippen molar-refractivity contribution in [2.24, 2.45) is 5.10 Å². The molecule has 0 spiro atoms. The summed E-state index contributed by atoms with van der Waals surface area (Å²) < 4.78 is 0. The van der Waals surface area contributed by atoms with E-state index >= 15 is 0 Å². The Morgan fingerprint density at radius 2 is 2.05 bits per heavy atom. The summed E-state index contributed by atoms with van der Waals surface area (Å²) in [6.07, 6.45) is 1.64. The van der Waals surface area contributed by atoms with Crippen LogP contribution in [0, 0.1) is 6.92 Å². The van der Waals surface area contributed by atoms with Crippen molar-refractivity contribution in [2.45, 2.75) is 6.92 Å². The molecule has 2 aromatic carbocycles. The number of aryl methyl sites for hydroxylation is 1. The van der Waals surface area contributed by atoms with Gasteiger partial charge < -0.3 is 0 Å². The highest BCUT2D eigenvalue weighted by Crippen LogP contribution is 2.16. The molecule has 0 saturated heterocycles. The lowest BCUT2D eigenvalue weighted by Crippen LogP contribution is -2.18. The Labute approximate surface area is 121 Å². The second kappa shape index (κ2) is 5.58. The van der Waals surface area contributed by atoms with Gasteiger partial charge in [0, 0.05) is 11.3 Å². The molecule has 0 bridgehead atoms. The third kappa shape index (κ3) is 2.81. The first-order valence-electron chi connectivity index (χ1n) is 6.57. The predicted molar refractivity (Wildman–Crippen MR) is 82.3 cm³/mol. The van der Waals surface area contributed by atoms with E-state index < -0.39 is 0 Å². The van der Waals surface area contributed by atoms with Gasteiger partial charge in [0.25, 0.3) is 5.91 Å². The van der Waals surface area contributed by atoms with Crippen LogP contribution in [-0.4, -0.2) is 22.3 Å². The van der Waals surface area contributed by atoms with Crippen LogP contribution in [0.3, 0.4) is 0 Å². The van der Waals surface area contributed by atoms with Crippen molar-refractivity contribution in [3.8, 4) is 0 Å². The molecule has 0 atom stereocenters. The number of hydrogen-bond donors (Lipinski definition) is 2. The fourth-order valence-electron chi connectivity index (χ4n) is 2.12. The second-order valence-electron chi connectivity index (χ2n) is 4.70. The highest BCUT2D eigenvalue weighted by atomic mass is 16.2. The van der Waals surface area contributed by atoms with E-state index in [1.165, 1.54) is 0 Å². The molecule has 0 aliphatic heterocycles. The quantitative estimate of drug-likeness (QED) is 0.571. The zero-order chi connectivity index (χ0) is 14.7. The first-order valence-corrected chi connectivity index (χ1v) is 6.57. The smallest absolute Gasteiger partial charge is 0.282 e. The Balaban J connectivity index is 1.78. The van der Waals surface area contributed by atoms with Gasteiger partial charge in [-0.15, -0.1) is 0 Å². The van der Waals surface area contributed by atoms with Gasteiger partial charge in [-0.1, -0.05) is 42.5 Å². The summed E-state index contributed by atoms with van der Waals surface area (Å²) in [5.41, 5.74) is 4.58. The molecule has 0 fully saturated rings. The zero-order valence-electron chi connectivity index (χ0n) is 11.5. The van der Waals surface area contributed by atoms with E-state index in [1.54, 1.807) is 12.3 Å². The van der Waals surface area contributed by atoms with Crippen molar-refractivity contribution in [3.05, 3.63) is 65.5 Å². The van der Waals surface area contributed by atoms with Gasteiger partial charge >= 0.3 is 0 Å². The third-order valence-corrected chi connectivity index (χ3v) is 3.13. The van der Waals surface area contributed by atoms with Gasteiger partial charge in [-0.25, -0.2) is 5.43 Å². The van der Waals surface area contributed by atoms with Crippen LogP contribution in [0.4, 0.5) is 0 Å². The summed E-state index contributed by atoms with van der Waals surface area (Å²) in [4.78, 5) is 11.8. The molecule has 0 unspecified atom stereocenters. The number of carbonyl (C=O) groups is 1. The summed E-state index contributed by atoms with van der Waals surface area (Å²) in [6, 6.07) is 15.7. The molecule has 1 aromatic heterocycles. The Hall–Kier alpha value is -2.95. The molecule has 0 saturated carbocycles. The lowest BCUT2D eigenvalue weighted by atomic mass is 10.1. The molecule has 3 aromatic rings. The number of aromatic nitrogens is 2. The van der Waals surface area contributed by atoms with Crippen LogP contribution in [-0.2, 0) is 0 Å². The summed E-state index contributed by atoms with van der Waals surface area (Å²) >= 11 is 0. The molecule has 1 heterocycles. The van der Waals surface area contributed by atoms with Crippen LogP contribution >= 0.6 is 0 Å². The maximum atomic E-state index is 11.8. The lowest BCUT2D eigenvalue weighted by Gasteiger charge is -2.01. The van der Waals surface area contributed by atoms with Gasteiger partial charge in [0.2, 0.25) is 0 Å². The van der Waals surface area contributed by atoms with E-state index in [1.807, 2.05) is 49.4 Å². The van der Waals surface area contributed by atoms with E-state index in [0.717, 1.165) is 22.0 Å². The van der Waals surface area contributed by atoms with Crippen molar-refractivity contribution in [3.63, 3.8) is 0 Å². The summed E-state index contributed by atoms with van der Waals surface area (Å²) in [5.74, 6) is -0.337. The number of aromatic amines is 1. The van der Waals surface area contributed by atoms with Crippen LogP contribution in [0.5, 0.6) is 0 Å². The average Bonchev–Trinajstić information content (AvgIpc) is 2.94. The van der Waals surface area contributed by atoms with Crippen LogP contribution < -0.4 is 5.43 Å². The zero-order valence-corrected chi connectivity index (χ0v) is 11.5. The van der Waals surface area contributed by atoms with Gasteiger partial charge in [-0.2, -0.15) is 10.2 Å². The molecule has 0 aliphatic rings. The molecule has 2 N–H and O–H groups in total. The molecule has 5 heteroatoms. The van der Waals surface area contributed by atoms with Crippen LogP contribution in [0.15, 0.2) is 53.6 Å². The number of carbonyl (C=O) groups excluding carboxylic acids is 1. The molecule has 21 heavy (non-hydrogen) atoms. The fraction of sp³-hybridized carbons (Fsp3) is 0.0625. The van der Waals surface area contributed by atoms with E-state index in [9.17, 15) is 4.79 Å². The van der Waals surface area contributed by atoms with Gasteiger partial charge in [0.05, 0.1) is 6.21 Å². The Morgan fingerprint density at radius 1 is 1.24 bits per heavy atom. The topological polar surface area (TPSA) is 70.1 Å². The minimum atomic E-state index is -0.337. The molecule has 5 nitrogen and oxygen atoms in total. The van der Waals surface area contributed by atoms with Crippen LogP contribution in [0.25, 0.3) is 10.8 Å². The van der Waals surface area contributed by atoms with Crippen LogP contribution in [0.1, 0.15) is 21.7 Å². The predicted octanol–water partition coefficient (Wildman–Crippen LogP) is 2.64. The molecule has 104 valence electrons. The summed E-state index contributed by atoms with van der Waals surface area (Å²) in [7, 11) is 0. The van der Waals surface area contributed by atoms with E-state index in [2.05, 4.69) is 20.7 Å². The molecule has 3 rings (SSSR count). The monoisotopic (exact) mass is 278 g/mol. The third-order valence-electron chi connectivity index (χ3n) is 3.13. The van der Waals surface area contributed by atoms with Gasteiger partial charge in [0.1, 0.15) is 0 Å². The highest BCUT2D eigenvalue weighted by Gasteiger charge is 2.07. The fourth-order valence-corrected chi connectivity index (χ4v) is 2.12. The second-order valence-corrected chi connectivity index (χ2v) is 4.70. The Kier molecular flexibility index (Phi) is 3.47. The average molecular weight is 278 g/mol. The SMILES string of the molecule is Cc1cc(C(=O)N/N=C/c2cccc3ccccc23)n[nH]1. The minimum Gasteiger partial charge on any atom is -0.282 e. The van der Waals surface area contributed by atoms with Crippen molar-refractivity contribution in [1.82, 2.24) is 15.6 Å². The van der Waals surface area contributed by atoms with Gasteiger partial charge in [-0.05, 0) is 23.8 Å². The number of hydrogen-bond acceptors (Lipinski definition) is 3. The number of nitrogens with one attached hydrogen (secondary N) is 2. The number of amides is 1. The minimum absolute atomic E-state index is 0.322. The number of fused-ring (bicyclic) bond motifs is 1. The van der Waals surface area contributed by atoms with E-state index in [4.69, 9.17) is 0 Å².